The summed E-state index contributed by atoms with van der Waals surface area (Å²) < 4.78 is 19.4. The summed E-state index contributed by atoms with van der Waals surface area (Å²) in [6.07, 6.45) is 0. The summed E-state index contributed by atoms with van der Waals surface area (Å²) in [5.74, 6) is 1.92. The number of hydrogen-bond acceptors (Lipinski definition) is 6. The molecule has 2 aromatic heterocycles. The first-order valence-electron chi connectivity index (χ1n) is 7.68. The van der Waals surface area contributed by atoms with Gasteiger partial charge in [0.1, 0.15) is 17.2 Å². The first-order valence-corrected chi connectivity index (χ1v) is 8.87. The number of carbonyl (C=O) groups excluding carboxylic acids is 1. The number of rotatable bonds is 2. The van der Waals surface area contributed by atoms with Gasteiger partial charge in [0.15, 0.2) is 10.7 Å². The molecule has 3 aromatic rings. The van der Waals surface area contributed by atoms with Crippen molar-refractivity contribution in [1.82, 2.24) is 10.3 Å². The lowest BCUT2D eigenvalue weighted by molar-refractivity contribution is 0.496. The lowest BCUT2D eigenvalue weighted by atomic mass is 10.1. The van der Waals surface area contributed by atoms with E-state index < -0.39 is 0 Å². The molecule has 1 saturated heterocycles. The van der Waals surface area contributed by atoms with Gasteiger partial charge in [0.25, 0.3) is 6.01 Å². The predicted octanol–water partition coefficient (Wildman–Crippen LogP) is 3.86. The van der Waals surface area contributed by atoms with Crippen LogP contribution in [0.3, 0.4) is 0 Å². The van der Waals surface area contributed by atoms with Gasteiger partial charge in [-0.1, -0.05) is 11.6 Å². The second-order valence-electron chi connectivity index (χ2n) is 5.71. The Kier molecular flexibility index (Phi) is 4.00. The van der Waals surface area contributed by atoms with Gasteiger partial charge in [-0.2, -0.15) is 9.37 Å². The maximum atomic E-state index is 13.4. The lowest BCUT2D eigenvalue weighted by Gasteiger charge is -2.33. The van der Waals surface area contributed by atoms with E-state index in [0.717, 1.165) is 16.2 Å². The van der Waals surface area contributed by atoms with Crippen molar-refractivity contribution in [1.29, 1.82) is 0 Å². The van der Waals surface area contributed by atoms with Crippen molar-refractivity contribution in [2.45, 2.75) is 13.0 Å². The van der Waals surface area contributed by atoms with Crippen molar-refractivity contribution in [3.63, 3.8) is 0 Å². The lowest BCUT2D eigenvalue weighted by Crippen LogP contribution is -2.48. The Labute approximate surface area is 151 Å². The summed E-state index contributed by atoms with van der Waals surface area (Å²) in [6.45, 7) is 3.11. The van der Waals surface area contributed by atoms with E-state index in [-0.39, 0.29) is 11.2 Å². The molecule has 1 aliphatic heterocycles. The highest BCUT2D eigenvalue weighted by Crippen LogP contribution is 2.38. The topological polar surface area (TPSA) is 58.4 Å². The smallest absolute Gasteiger partial charge is 0.299 e. The van der Waals surface area contributed by atoms with E-state index in [1.54, 1.807) is 18.2 Å². The van der Waals surface area contributed by atoms with Crippen LogP contribution in [0.1, 0.15) is 6.92 Å². The van der Waals surface area contributed by atoms with Crippen LogP contribution in [-0.4, -0.2) is 30.1 Å². The molecule has 3 heterocycles. The maximum absolute atomic E-state index is 13.4. The Hall–Kier alpha value is -2.34. The van der Waals surface area contributed by atoms with Gasteiger partial charge in [-0.25, -0.2) is 4.79 Å². The van der Waals surface area contributed by atoms with Gasteiger partial charge in [-0.3, -0.25) is 0 Å². The fraction of sp³-hybridized carbons (Fsp3) is 0.235. The highest BCUT2D eigenvalue weighted by atomic mass is 35.5. The average molecular weight is 378 g/mol. The largest absolute Gasteiger partial charge is 0.423 e. The quantitative estimate of drug-likeness (QED) is 0.687. The molecule has 5 nitrogen and oxygen atoms in total. The summed E-state index contributed by atoms with van der Waals surface area (Å²) in [5, 5.41) is 3.24. The second kappa shape index (κ2) is 6.19. The third-order valence-corrected chi connectivity index (χ3v) is 5.32. The number of fused-ring (bicyclic) bond motifs is 1. The summed E-state index contributed by atoms with van der Waals surface area (Å²) in [4.78, 5) is 18.2. The van der Waals surface area contributed by atoms with E-state index >= 15 is 0 Å². The van der Waals surface area contributed by atoms with Gasteiger partial charge in [0.2, 0.25) is 0 Å². The predicted molar refractivity (Wildman–Crippen MR) is 96.3 cm³/mol. The number of benzene rings is 1. The molecule has 8 heteroatoms. The first kappa shape index (κ1) is 16.1. The van der Waals surface area contributed by atoms with Crippen molar-refractivity contribution < 1.29 is 13.6 Å². The molecule has 25 heavy (non-hydrogen) atoms. The number of oxazole rings is 1. The molecule has 128 valence electrons. The van der Waals surface area contributed by atoms with Crippen molar-refractivity contribution in [3.05, 3.63) is 40.1 Å². The molecule has 1 atom stereocenters. The Morgan fingerprint density at radius 2 is 2.32 bits per heavy atom. The Morgan fingerprint density at radius 1 is 1.48 bits per heavy atom. The number of nitrogens with one attached hydrogen (secondary N) is 1. The number of thiophene rings is 1. The molecule has 1 N–H and O–H groups in total. The summed E-state index contributed by atoms with van der Waals surface area (Å²) >= 11 is 7.22. The minimum Gasteiger partial charge on any atom is -0.423 e. The number of hydrogen-bond donors (Lipinski definition) is 1. The molecule has 1 aliphatic rings. The maximum Gasteiger partial charge on any atom is 0.299 e. The standard InChI is InChI=1S/C17H13ClFN3O2S/c1-9-13(8-23)20-4-5-22(9)17-21-12-7-10(18)6-11(16(12)24-17)14-2-3-15(19)25-14/h2-3,6-7,9,20H,4-5H2,1H3. The minimum absolute atomic E-state index is 0.225. The number of halogens is 2. The molecule has 1 aromatic carbocycles. The normalized spacial score (nSPS) is 17.6. The van der Waals surface area contributed by atoms with Gasteiger partial charge >= 0.3 is 0 Å². The van der Waals surface area contributed by atoms with Crippen LogP contribution >= 0.6 is 22.9 Å². The number of piperazine rings is 1. The highest BCUT2D eigenvalue weighted by molar-refractivity contribution is 7.14. The average Bonchev–Trinajstić information content (AvgIpc) is 3.20. The van der Waals surface area contributed by atoms with Crippen LogP contribution in [0, 0.1) is 5.13 Å². The van der Waals surface area contributed by atoms with Crippen LogP contribution in [0.4, 0.5) is 10.4 Å². The molecule has 1 unspecified atom stereocenters. The molecule has 0 saturated carbocycles. The fourth-order valence-electron chi connectivity index (χ4n) is 2.94. The highest BCUT2D eigenvalue weighted by Gasteiger charge is 2.28. The van der Waals surface area contributed by atoms with Gasteiger partial charge in [0, 0.05) is 28.6 Å². The van der Waals surface area contributed by atoms with E-state index in [2.05, 4.69) is 10.3 Å². The number of aromatic nitrogens is 1. The number of nitrogens with zero attached hydrogens (tertiary/aromatic N) is 2. The van der Waals surface area contributed by atoms with Crippen molar-refractivity contribution in [3.8, 4) is 10.4 Å². The van der Waals surface area contributed by atoms with Crippen LogP contribution in [0.2, 0.25) is 5.02 Å². The zero-order valence-electron chi connectivity index (χ0n) is 13.2. The molecule has 0 spiro atoms. The van der Waals surface area contributed by atoms with Crippen molar-refractivity contribution in [2.24, 2.45) is 0 Å². The van der Waals surface area contributed by atoms with Gasteiger partial charge in [0.05, 0.1) is 6.04 Å². The van der Waals surface area contributed by atoms with Crippen LogP contribution in [0.15, 0.2) is 34.4 Å². The minimum atomic E-state index is -0.278. The molecule has 0 radical (unpaired) electrons. The third kappa shape index (κ3) is 2.80. The molecular weight excluding hydrogens is 365 g/mol. The molecule has 0 amide bonds. The zero-order chi connectivity index (χ0) is 17.6. The number of anilines is 1. The van der Waals surface area contributed by atoms with Crippen molar-refractivity contribution >= 4 is 46.0 Å². The van der Waals surface area contributed by atoms with E-state index in [4.69, 9.17) is 16.0 Å². The summed E-state index contributed by atoms with van der Waals surface area (Å²) in [6, 6.07) is 6.72. The van der Waals surface area contributed by atoms with E-state index in [1.807, 2.05) is 17.8 Å². The summed E-state index contributed by atoms with van der Waals surface area (Å²) in [5.41, 5.74) is 2.30. The van der Waals surface area contributed by atoms with E-state index in [1.165, 1.54) is 6.07 Å². The molecule has 1 fully saturated rings. The third-order valence-electron chi connectivity index (χ3n) is 4.19. The fourth-order valence-corrected chi connectivity index (χ4v) is 3.90. The van der Waals surface area contributed by atoms with Gasteiger partial charge in [-0.05, 0) is 31.2 Å². The molecular formula is C17H13ClFN3O2S. The monoisotopic (exact) mass is 377 g/mol. The Bertz CT molecular complexity index is 1010. The van der Waals surface area contributed by atoms with Gasteiger partial charge in [-0.15, -0.1) is 11.3 Å². The second-order valence-corrected chi connectivity index (χ2v) is 7.18. The molecule has 4 rings (SSSR count). The Balaban J connectivity index is 1.84. The SMILES string of the molecule is CC1C(=C=O)NCCN1c1nc2cc(Cl)cc(-c3ccc(F)s3)c2o1. The van der Waals surface area contributed by atoms with Crippen LogP contribution in [0.25, 0.3) is 21.5 Å². The van der Waals surface area contributed by atoms with Crippen molar-refractivity contribution in [2.75, 3.05) is 18.0 Å². The molecule has 0 bridgehead atoms. The molecule has 0 aliphatic carbocycles. The van der Waals surface area contributed by atoms with Crippen LogP contribution < -0.4 is 10.2 Å². The van der Waals surface area contributed by atoms with Crippen LogP contribution in [0.5, 0.6) is 0 Å². The zero-order valence-corrected chi connectivity index (χ0v) is 14.7. The Morgan fingerprint density at radius 3 is 3.04 bits per heavy atom. The van der Waals surface area contributed by atoms with E-state index in [0.29, 0.717) is 46.5 Å². The van der Waals surface area contributed by atoms with E-state index in [9.17, 15) is 9.18 Å². The van der Waals surface area contributed by atoms with Gasteiger partial charge < -0.3 is 14.6 Å². The van der Waals surface area contributed by atoms with Crippen LogP contribution in [-0.2, 0) is 4.79 Å². The summed E-state index contributed by atoms with van der Waals surface area (Å²) in [7, 11) is 0. The first-order chi connectivity index (χ1) is 12.1.